The van der Waals surface area contributed by atoms with Crippen LogP contribution in [-0.4, -0.2) is 20.3 Å². The third kappa shape index (κ3) is 1.90. The van der Waals surface area contributed by atoms with Crippen molar-refractivity contribution >= 4 is 40.6 Å². The van der Waals surface area contributed by atoms with Gasteiger partial charge < -0.3 is 0 Å². The number of halogens is 1. The SMILES string of the molecule is O=C(S)C1CC2CCCCC2N1I. The maximum absolute atomic E-state index is 11.2. The largest absolute Gasteiger partial charge is 0.286 e. The standard InChI is InChI=1S/C9H14INOS/c10-11-7-4-2-1-3-6(7)5-8(11)9(12)13/h6-8H,1-5H2,(H,12,13). The van der Waals surface area contributed by atoms with Crippen molar-refractivity contribution in [2.24, 2.45) is 5.92 Å². The molecule has 1 aliphatic heterocycles. The van der Waals surface area contributed by atoms with Crippen LogP contribution in [0.5, 0.6) is 0 Å². The van der Waals surface area contributed by atoms with E-state index in [9.17, 15) is 4.79 Å². The molecule has 3 atom stereocenters. The highest BCUT2D eigenvalue weighted by molar-refractivity contribution is 14.1. The minimum Gasteiger partial charge on any atom is -0.286 e. The van der Waals surface area contributed by atoms with Gasteiger partial charge in [0.05, 0.1) is 6.04 Å². The molecule has 0 amide bonds. The topological polar surface area (TPSA) is 20.3 Å². The van der Waals surface area contributed by atoms with Gasteiger partial charge in [0.15, 0.2) is 0 Å². The third-order valence-corrected chi connectivity index (χ3v) is 4.98. The first-order valence-corrected chi connectivity index (χ1v) is 6.28. The highest BCUT2D eigenvalue weighted by Crippen LogP contribution is 2.42. The van der Waals surface area contributed by atoms with Crippen molar-refractivity contribution in [1.82, 2.24) is 3.11 Å². The van der Waals surface area contributed by atoms with E-state index in [1.165, 1.54) is 25.7 Å². The molecular weight excluding hydrogens is 297 g/mol. The molecule has 2 aliphatic rings. The molecule has 1 saturated heterocycles. The van der Waals surface area contributed by atoms with E-state index < -0.39 is 0 Å². The van der Waals surface area contributed by atoms with E-state index in [1.807, 2.05) is 0 Å². The van der Waals surface area contributed by atoms with Gasteiger partial charge in [0.25, 0.3) is 0 Å². The van der Waals surface area contributed by atoms with Gasteiger partial charge in [-0.05, 0) is 25.2 Å². The van der Waals surface area contributed by atoms with Gasteiger partial charge in [-0.2, -0.15) is 0 Å². The Kier molecular flexibility index (Phi) is 3.20. The summed E-state index contributed by atoms with van der Waals surface area (Å²) in [6.45, 7) is 0. The average molecular weight is 311 g/mol. The number of carbonyl (C=O) groups excluding carboxylic acids is 1. The second-order valence-corrected chi connectivity index (χ2v) is 5.60. The van der Waals surface area contributed by atoms with Gasteiger partial charge in [0.1, 0.15) is 0 Å². The fraction of sp³-hybridized carbons (Fsp3) is 0.889. The van der Waals surface area contributed by atoms with E-state index in [2.05, 4.69) is 38.6 Å². The van der Waals surface area contributed by atoms with Crippen molar-refractivity contribution < 1.29 is 4.79 Å². The Labute approximate surface area is 98.3 Å². The Morgan fingerprint density at radius 3 is 2.69 bits per heavy atom. The Morgan fingerprint density at radius 2 is 2.08 bits per heavy atom. The molecule has 0 aromatic heterocycles. The number of hydrogen-bond acceptors (Lipinski definition) is 2. The molecule has 74 valence electrons. The lowest BCUT2D eigenvalue weighted by molar-refractivity contribution is -0.113. The zero-order valence-corrected chi connectivity index (χ0v) is 10.5. The van der Waals surface area contributed by atoms with E-state index in [0.29, 0.717) is 6.04 Å². The Hall–Kier alpha value is 0.710. The van der Waals surface area contributed by atoms with Crippen LogP contribution in [0.1, 0.15) is 32.1 Å². The molecule has 13 heavy (non-hydrogen) atoms. The molecule has 0 aromatic carbocycles. The van der Waals surface area contributed by atoms with Crippen LogP contribution < -0.4 is 0 Å². The summed E-state index contributed by atoms with van der Waals surface area (Å²) in [7, 11) is 0. The molecule has 0 aromatic rings. The van der Waals surface area contributed by atoms with Crippen LogP contribution in [0, 0.1) is 5.92 Å². The summed E-state index contributed by atoms with van der Waals surface area (Å²) in [6, 6.07) is 0.729. The zero-order valence-electron chi connectivity index (χ0n) is 7.45. The fourth-order valence-electron chi connectivity index (χ4n) is 2.61. The highest BCUT2D eigenvalue weighted by Gasteiger charge is 2.43. The van der Waals surface area contributed by atoms with Crippen LogP contribution in [0.4, 0.5) is 0 Å². The van der Waals surface area contributed by atoms with E-state index in [0.717, 1.165) is 12.3 Å². The van der Waals surface area contributed by atoms with Crippen molar-refractivity contribution in [1.29, 1.82) is 0 Å². The molecule has 0 bridgehead atoms. The van der Waals surface area contributed by atoms with Crippen LogP contribution in [0.2, 0.25) is 0 Å². The van der Waals surface area contributed by atoms with Crippen molar-refractivity contribution in [3.05, 3.63) is 0 Å². The summed E-state index contributed by atoms with van der Waals surface area (Å²) in [5.41, 5.74) is 0. The second-order valence-electron chi connectivity index (χ2n) is 4.05. The minimum absolute atomic E-state index is 0.0452. The van der Waals surface area contributed by atoms with Crippen LogP contribution in [0.3, 0.4) is 0 Å². The molecule has 1 saturated carbocycles. The number of rotatable bonds is 1. The number of carbonyl (C=O) groups is 1. The summed E-state index contributed by atoms with van der Waals surface area (Å²) in [4.78, 5) is 11.2. The monoisotopic (exact) mass is 311 g/mol. The minimum atomic E-state index is 0.0452. The molecule has 0 N–H and O–H groups in total. The average Bonchev–Trinajstić information content (AvgIpc) is 2.45. The maximum Gasteiger partial charge on any atom is 0.203 e. The van der Waals surface area contributed by atoms with Gasteiger partial charge in [-0.1, -0.05) is 12.8 Å². The predicted octanol–water partition coefficient (Wildman–Crippen LogP) is 2.43. The molecule has 2 nitrogen and oxygen atoms in total. The Morgan fingerprint density at radius 1 is 1.38 bits per heavy atom. The Bertz CT molecular complexity index is 224. The van der Waals surface area contributed by atoms with Crippen LogP contribution in [-0.2, 0) is 4.79 Å². The number of thiol groups is 1. The first-order valence-electron chi connectivity index (χ1n) is 4.87. The summed E-state index contributed by atoms with van der Waals surface area (Å²) < 4.78 is 2.22. The first-order chi connectivity index (χ1) is 6.20. The summed E-state index contributed by atoms with van der Waals surface area (Å²) in [5, 5.41) is 0.0452. The van der Waals surface area contributed by atoms with E-state index >= 15 is 0 Å². The molecule has 1 heterocycles. The molecule has 0 radical (unpaired) electrons. The van der Waals surface area contributed by atoms with Crippen molar-refractivity contribution in [3.8, 4) is 0 Å². The number of nitrogens with zero attached hydrogens (tertiary/aromatic N) is 1. The summed E-state index contributed by atoms with van der Waals surface area (Å²) >= 11 is 6.25. The zero-order chi connectivity index (χ0) is 9.42. The van der Waals surface area contributed by atoms with Gasteiger partial charge >= 0.3 is 0 Å². The van der Waals surface area contributed by atoms with Gasteiger partial charge in [-0.25, -0.2) is 3.11 Å². The molecule has 2 rings (SSSR count). The lowest BCUT2D eigenvalue weighted by Crippen LogP contribution is -2.33. The van der Waals surface area contributed by atoms with Gasteiger partial charge in [0, 0.05) is 28.9 Å². The van der Waals surface area contributed by atoms with E-state index in [1.54, 1.807) is 0 Å². The van der Waals surface area contributed by atoms with Crippen LogP contribution in [0.25, 0.3) is 0 Å². The summed E-state index contributed by atoms with van der Waals surface area (Å²) in [5.74, 6) is 0.756. The van der Waals surface area contributed by atoms with Crippen molar-refractivity contribution in [2.45, 2.75) is 44.2 Å². The fourth-order valence-corrected chi connectivity index (χ4v) is 4.28. The van der Waals surface area contributed by atoms with Gasteiger partial charge in [0.2, 0.25) is 5.12 Å². The molecule has 4 heteroatoms. The molecule has 0 spiro atoms. The van der Waals surface area contributed by atoms with Crippen molar-refractivity contribution in [2.75, 3.05) is 0 Å². The summed E-state index contributed by atoms with van der Waals surface area (Å²) in [6.07, 6.45) is 6.29. The Balaban J connectivity index is 2.09. The van der Waals surface area contributed by atoms with E-state index in [-0.39, 0.29) is 11.2 Å². The lowest BCUT2D eigenvalue weighted by Gasteiger charge is -2.28. The normalized spacial score (nSPS) is 40.3. The molecular formula is C9H14INOS. The quantitative estimate of drug-likeness (QED) is 0.456. The lowest BCUT2D eigenvalue weighted by atomic mass is 9.85. The van der Waals surface area contributed by atoms with Gasteiger partial charge in [-0.3, -0.25) is 4.79 Å². The van der Waals surface area contributed by atoms with Crippen LogP contribution in [0.15, 0.2) is 0 Å². The highest BCUT2D eigenvalue weighted by atomic mass is 127. The van der Waals surface area contributed by atoms with Crippen molar-refractivity contribution in [3.63, 3.8) is 0 Å². The second kappa shape index (κ2) is 4.06. The predicted molar refractivity (Wildman–Crippen MR) is 64.0 cm³/mol. The van der Waals surface area contributed by atoms with Gasteiger partial charge in [-0.15, -0.1) is 12.6 Å². The number of fused-ring (bicyclic) bond motifs is 1. The number of hydrogen-bond donors (Lipinski definition) is 1. The smallest absolute Gasteiger partial charge is 0.203 e. The first kappa shape index (κ1) is 10.2. The third-order valence-electron chi connectivity index (χ3n) is 3.29. The molecule has 3 unspecified atom stereocenters. The van der Waals surface area contributed by atoms with E-state index in [4.69, 9.17) is 0 Å². The molecule has 2 fully saturated rings. The maximum atomic E-state index is 11.2. The molecule has 1 aliphatic carbocycles. The van der Waals surface area contributed by atoms with Crippen LogP contribution >= 0.6 is 35.5 Å².